The number of nitrogens with zero attached hydrogens (tertiary/aromatic N) is 3. The summed E-state index contributed by atoms with van der Waals surface area (Å²) in [6.45, 7) is 1.97. The fraction of sp³-hybridized carbons (Fsp3) is 0.154. The Hall–Kier alpha value is -0.760. The van der Waals surface area contributed by atoms with Crippen molar-refractivity contribution in [2.75, 3.05) is 0 Å². The van der Waals surface area contributed by atoms with Crippen LogP contribution in [0.15, 0.2) is 38.5 Å². The van der Waals surface area contributed by atoms with Gasteiger partial charge in [0.15, 0.2) is 4.34 Å². The highest BCUT2D eigenvalue weighted by Crippen LogP contribution is 2.30. The molecular weight excluding hydrogens is 374 g/mol. The van der Waals surface area contributed by atoms with Crippen LogP contribution in [-0.4, -0.2) is 15.2 Å². The van der Waals surface area contributed by atoms with Crippen LogP contribution in [0.1, 0.15) is 10.7 Å². The second kappa shape index (κ2) is 6.34. The van der Waals surface area contributed by atoms with E-state index in [1.807, 2.05) is 19.1 Å². The molecule has 7 heteroatoms. The predicted molar refractivity (Wildman–Crippen MR) is 89.5 cm³/mol. The molecule has 0 aliphatic heterocycles. The third kappa shape index (κ3) is 3.46. The highest BCUT2D eigenvalue weighted by Gasteiger charge is 2.07. The topological polar surface area (TPSA) is 38.7 Å². The smallest absolute Gasteiger partial charge is 0.174 e. The summed E-state index contributed by atoms with van der Waals surface area (Å²) in [6.07, 6.45) is 0. The van der Waals surface area contributed by atoms with Gasteiger partial charge >= 0.3 is 0 Å². The lowest BCUT2D eigenvalue weighted by molar-refractivity contribution is 0.983. The van der Waals surface area contributed by atoms with Crippen LogP contribution in [0.25, 0.3) is 10.6 Å². The average Bonchev–Trinajstić information content (AvgIpc) is 3.05. The first kappa shape index (κ1) is 14.2. The number of aromatic nitrogens is 3. The largest absolute Gasteiger partial charge is 0.240 e. The highest BCUT2D eigenvalue weighted by atomic mass is 79.9. The molecular formula is C13H10BrN3S3. The molecule has 0 bridgehead atoms. The molecule has 0 unspecified atom stereocenters. The second-order valence-electron chi connectivity index (χ2n) is 4.03. The summed E-state index contributed by atoms with van der Waals surface area (Å²) in [7, 11) is 0. The first-order chi connectivity index (χ1) is 9.70. The number of hydrogen-bond acceptors (Lipinski definition) is 6. The van der Waals surface area contributed by atoms with Gasteiger partial charge in [-0.2, -0.15) is 0 Å². The molecule has 0 saturated heterocycles. The van der Waals surface area contributed by atoms with Crippen molar-refractivity contribution in [3.63, 3.8) is 0 Å². The van der Waals surface area contributed by atoms with Crippen LogP contribution in [0.5, 0.6) is 0 Å². The molecule has 0 spiro atoms. The molecule has 3 nitrogen and oxygen atoms in total. The maximum absolute atomic E-state index is 4.68. The van der Waals surface area contributed by atoms with E-state index < -0.39 is 0 Å². The first-order valence-corrected chi connectivity index (χ1v) is 9.31. The summed E-state index contributed by atoms with van der Waals surface area (Å²) >= 11 is 8.47. The van der Waals surface area contributed by atoms with E-state index >= 15 is 0 Å². The zero-order valence-electron chi connectivity index (χ0n) is 10.5. The van der Waals surface area contributed by atoms with Gasteiger partial charge in [0.2, 0.25) is 0 Å². The Morgan fingerprint density at radius 3 is 2.95 bits per heavy atom. The summed E-state index contributed by atoms with van der Waals surface area (Å²) in [4.78, 5) is 4.68. The Bertz CT molecular complexity index is 723. The minimum absolute atomic E-state index is 0.832. The molecule has 20 heavy (non-hydrogen) atoms. The Balaban J connectivity index is 1.70. The van der Waals surface area contributed by atoms with Crippen LogP contribution in [0.2, 0.25) is 0 Å². The molecule has 102 valence electrons. The molecule has 3 rings (SSSR count). The quantitative estimate of drug-likeness (QED) is 0.592. The van der Waals surface area contributed by atoms with Crippen molar-refractivity contribution in [3.05, 3.63) is 44.8 Å². The summed E-state index contributed by atoms with van der Waals surface area (Å²) < 4.78 is 2.07. The average molecular weight is 384 g/mol. The first-order valence-electron chi connectivity index (χ1n) is 5.84. The molecule has 0 aliphatic rings. The number of thioether (sulfide) groups is 1. The lowest BCUT2D eigenvalue weighted by Crippen LogP contribution is -1.82. The van der Waals surface area contributed by atoms with E-state index in [0.29, 0.717) is 0 Å². The SMILES string of the molecule is Cc1nnc(SCc2csc(-c3cccc(Br)c3)n2)s1. The normalized spacial score (nSPS) is 10.9. The second-order valence-corrected chi connectivity index (χ2v) is 8.21. The zero-order chi connectivity index (χ0) is 13.9. The lowest BCUT2D eigenvalue weighted by atomic mass is 10.2. The Kier molecular flexibility index (Phi) is 4.50. The van der Waals surface area contributed by atoms with Crippen LogP contribution in [0.4, 0.5) is 0 Å². The van der Waals surface area contributed by atoms with E-state index in [2.05, 4.69) is 48.6 Å². The number of halogens is 1. The van der Waals surface area contributed by atoms with Crippen LogP contribution in [-0.2, 0) is 5.75 Å². The van der Waals surface area contributed by atoms with Crippen molar-refractivity contribution >= 4 is 50.4 Å². The van der Waals surface area contributed by atoms with Gasteiger partial charge in [0.1, 0.15) is 10.0 Å². The van der Waals surface area contributed by atoms with E-state index in [0.717, 1.165) is 35.8 Å². The van der Waals surface area contributed by atoms with Gasteiger partial charge in [-0.1, -0.05) is 51.2 Å². The van der Waals surface area contributed by atoms with Gasteiger partial charge in [0, 0.05) is 21.2 Å². The molecule has 0 aliphatic carbocycles. The maximum Gasteiger partial charge on any atom is 0.174 e. The number of hydrogen-bond donors (Lipinski definition) is 0. The van der Waals surface area contributed by atoms with Gasteiger partial charge in [-0.15, -0.1) is 21.5 Å². The molecule has 2 aromatic heterocycles. The van der Waals surface area contributed by atoms with Crippen LogP contribution >= 0.6 is 50.4 Å². The van der Waals surface area contributed by atoms with Gasteiger partial charge in [0.25, 0.3) is 0 Å². The lowest BCUT2D eigenvalue weighted by Gasteiger charge is -1.96. The van der Waals surface area contributed by atoms with E-state index in [-0.39, 0.29) is 0 Å². The van der Waals surface area contributed by atoms with Gasteiger partial charge in [-0.05, 0) is 19.1 Å². The van der Waals surface area contributed by atoms with E-state index in [9.17, 15) is 0 Å². The van der Waals surface area contributed by atoms with Crippen molar-refractivity contribution in [2.45, 2.75) is 17.0 Å². The summed E-state index contributed by atoms with van der Waals surface area (Å²) in [5, 5.41) is 12.3. The Morgan fingerprint density at radius 1 is 1.30 bits per heavy atom. The molecule has 2 heterocycles. The number of thiazole rings is 1. The third-order valence-electron chi connectivity index (χ3n) is 2.47. The Labute approximate surface area is 137 Å². The third-order valence-corrected chi connectivity index (χ3v) is 5.91. The zero-order valence-corrected chi connectivity index (χ0v) is 14.6. The molecule has 0 N–H and O–H groups in total. The molecule has 0 atom stereocenters. The van der Waals surface area contributed by atoms with Gasteiger partial charge in [0.05, 0.1) is 5.69 Å². The standard InChI is InChI=1S/C13H10BrN3S3/c1-8-16-17-13(20-8)19-7-11-6-18-12(15-11)9-3-2-4-10(14)5-9/h2-6H,7H2,1H3. The van der Waals surface area contributed by atoms with Crippen LogP contribution in [0.3, 0.4) is 0 Å². The molecule has 0 amide bonds. The summed E-state index contributed by atoms with van der Waals surface area (Å²) in [5.41, 5.74) is 2.23. The van der Waals surface area contributed by atoms with Crippen LogP contribution < -0.4 is 0 Å². The number of benzene rings is 1. The van der Waals surface area contributed by atoms with Gasteiger partial charge in [-0.25, -0.2) is 4.98 Å². The fourth-order valence-electron chi connectivity index (χ4n) is 1.60. The van der Waals surface area contributed by atoms with E-state index in [4.69, 9.17) is 0 Å². The minimum atomic E-state index is 0.832. The maximum atomic E-state index is 4.68. The van der Waals surface area contributed by atoms with E-state index in [1.165, 1.54) is 0 Å². The fourth-order valence-corrected chi connectivity index (χ4v) is 4.63. The van der Waals surface area contributed by atoms with Crippen LogP contribution in [0, 0.1) is 6.92 Å². The van der Waals surface area contributed by atoms with Crippen molar-refractivity contribution in [2.24, 2.45) is 0 Å². The summed E-state index contributed by atoms with van der Waals surface area (Å²) in [6, 6.07) is 8.21. The molecule has 0 fully saturated rings. The summed E-state index contributed by atoms with van der Waals surface area (Å²) in [5.74, 6) is 0.832. The van der Waals surface area contributed by atoms with Crippen molar-refractivity contribution in [1.82, 2.24) is 15.2 Å². The van der Waals surface area contributed by atoms with Crippen molar-refractivity contribution in [3.8, 4) is 10.6 Å². The Morgan fingerprint density at radius 2 is 2.20 bits per heavy atom. The molecule has 0 radical (unpaired) electrons. The minimum Gasteiger partial charge on any atom is -0.240 e. The number of rotatable bonds is 4. The number of aryl methyl sites for hydroxylation is 1. The van der Waals surface area contributed by atoms with Crippen molar-refractivity contribution in [1.29, 1.82) is 0 Å². The molecule has 3 aromatic rings. The van der Waals surface area contributed by atoms with Gasteiger partial charge < -0.3 is 0 Å². The predicted octanol–water partition coefficient (Wildman–Crippen LogP) is 5.02. The molecule has 0 saturated carbocycles. The monoisotopic (exact) mass is 383 g/mol. The van der Waals surface area contributed by atoms with E-state index in [1.54, 1.807) is 34.4 Å². The highest BCUT2D eigenvalue weighted by molar-refractivity contribution is 9.10. The molecule has 1 aromatic carbocycles. The van der Waals surface area contributed by atoms with Crippen molar-refractivity contribution < 1.29 is 0 Å². The van der Waals surface area contributed by atoms with Gasteiger partial charge in [-0.3, -0.25) is 0 Å².